The molecule has 126 valence electrons. The van der Waals surface area contributed by atoms with E-state index in [1.54, 1.807) is 13.0 Å². The molecule has 2 aromatic carbocycles. The van der Waals surface area contributed by atoms with Gasteiger partial charge in [-0.15, -0.1) is 0 Å². The first-order valence-corrected chi connectivity index (χ1v) is 9.27. The highest BCUT2D eigenvalue weighted by molar-refractivity contribution is 9.10. The maximum atomic E-state index is 11.9. The van der Waals surface area contributed by atoms with Crippen molar-refractivity contribution in [3.05, 3.63) is 69.7 Å². The minimum absolute atomic E-state index is 0.0469. The normalized spacial score (nSPS) is 11.8. The number of hydrogen-bond donors (Lipinski definition) is 0. The summed E-state index contributed by atoms with van der Waals surface area (Å²) < 4.78 is 5.83. The van der Waals surface area contributed by atoms with Crippen molar-refractivity contribution >= 4 is 38.8 Å². The Balaban J connectivity index is 2.20. The zero-order chi connectivity index (χ0) is 17.5. The van der Waals surface area contributed by atoms with Crippen molar-refractivity contribution < 1.29 is 14.3 Å². The lowest BCUT2D eigenvalue weighted by Crippen LogP contribution is -2.07. The number of benzene rings is 2. The molecule has 2 rings (SSSR count). The Morgan fingerprint density at radius 2 is 1.92 bits per heavy atom. The number of ether oxygens (including phenoxy) is 1. The maximum absolute atomic E-state index is 11.9. The zero-order valence-corrected chi connectivity index (χ0v) is 16.0. The third-order valence-electron chi connectivity index (χ3n) is 3.63. The molecule has 0 fully saturated rings. The second kappa shape index (κ2) is 9.04. The number of halogens is 1. The van der Waals surface area contributed by atoms with Crippen molar-refractivity contribution in [1.29, 1.82) is 0 Å². The van der Waals surface area contributed by atoms with E-state index in [2.05, 4.69) is 15.9 Å². The van der Waals surface area contributed by atoms with E-state index in [9.17, 15) is 9.59 Å². The summed E-state index contributed by atoms with van der Waals surface area (Å²) in [6.45, 7) is 1.58. The zero-order valence-electron chi connectivity index (χ0n) is 13.6. The number of carbonyl (C=O) groups is 2. The molecule has 0 aliphatic heterocycles. The lowest BCUT2D eigenvalue weighted by molar-refractivity contribution is -0.109. The number of thioether (sulfide) groups is 1. The van der Waals surface area contributed by atoms with Gasteiger partial charge < -0.3 is 4.74 Å². The molecule has 2 aromatic rings. The molecular formula is C19H19BrO3S. The monoisotopic (exact) mass is 406 g/mol. The number of aryl methyl sites for hydroxylation is 1. The lowest BCUT2D eigenvalue weighted by atomic mass is 9.99. The van der Waals surface area contributed by atoms with Crippen LogP contribution in [0.5, 0.6) is 0 Å². The van der Waals surface area contributed by atoms with Crippen LogP contribution >= 0.6 is 27.7 Å². The number of methoxy groups -OCH3 is 1. The van der Waals surface area contributed by atoms with Crippen molar-refractivity contribution in [1.82, 2.24) is 0 Å². The van der Waals surface area contributed by atoms with Gasteiger partial charge in [-0.3, -0.25) is 4.79 Å². The Labute approximate surface area is 154 Å². The highest BCUT2D eigenvalue weighted by Crippen LogP contribution is 2.35. The average Bonchev–Trinajstić information content (AvgIpc) is 2.58. The van der Waals surface area contributed by atoms with Gasteiger partial charge >= 0.3 is 5.97 Å². The van der Waals surface area contributed by atoms with Gasteiger partial charge in [0.15, 0.2) is 5.12 Å². The second-order valence-corrected chi connectivity index (χ2v) is 7.64. The van der Waals surface area contributed by atoms with Crippen LogP contribution in [-0.2, 0) is 16.0 Å². The maximum Gasteiger partial charge on any atom is 0.338 e. The molecule has 24 heavy (non-hydrogen) atoms. The first-order chi connectivity index (χ1) is 11.5. The summed E-state index contributed by atoms with van der Waals surface area (Å²) in [7, 11) is 1.38. The van der Waals surface area contributed by atoms with Crippen LogP contribution in [0.1, 0.15) is 40.1 Å². The van der Waals surface area contributed by atoms with Crippen LogP contribution in [0.2, 0.25) is 0 Å². The molecule has 0 spiro atoms. The standard InChI is InChI=1S/C19H19BrO3S/c1-13(21)24-18(15-7-5-8-16(20)12-15)11-10-14-6-3-4-9-17(14)19(22)23-2/h3-9,12,18H,10-11H2,1-2H3. The van der Waals surface area contributed by atoms with E-state index in [4.69, 9.17) is 4.74 Å². The van der Waals surface area contributed by atoms with Crippen molar-refractivity contribution in [3.63, 3.8) is 0 Å². The van der Waals surface area contributed by atoms with E-state index in [0.29, 0.717) is 12.0 Å². The van der Waals surface area contributed by atoms with Crippen molar-refractivity contribution in [2.24, 2.45) is 0 Å². The number of rotatable bonds is 6. The first-order valence-electron chi connectivity index (χ1n) is 7.60. The van der Waals surface area contributed by atoms with Gasteiger partial charge in [-0.05, 0) is 42.2 Å². The molecule has 0 N–H and O–H groups in total. The molecule has 0 heterocycles. The molecule has 0 aromatic heterocycles. The molecule has 0 saturated carbocycles. The van der Waals surface area contributed by atoms with Crippen LogP contribution < -0.4 is 0 Å². The van der Waals surface area contributed by atoms with E-state index in [1.807, 2.05) is 42.5 Å². The van der Waals surface area contributed by atoms with Crippen LogP contribution in [0.3, 0.4) is 0 Å². The van der Waals surface area contributed by atoms with Gasteiger partial charge in [-0.2, -0.15) is 0 Å². The molecule has 0 aliphatic carbocycles. The smallest absolute Gasteiger partial charge is 0.338 e. The molecule has 5 heteroatoms. The third-order valence-corrected chi connectivity index (χ3v) is 5.24. The van der Waals surface area contributed by atoms with Gasteiger partial charge in [0.25, 0.3) is 0 Å². The largest absolute Gasteiger partial charge is 0.465 e. The molecule has 3 nitrogen and oxygen atoms in total. The molecule has 0 bridgehead atoms. The Morgan fingerprint density at radius 3 is 2.58 bits per heavy atom. The Hall–Kier alpha value is -1.59. The second-order valence-electron chi connectivity index (χ2n) is 5.34. The summed E-state index contributed by atoms with van der Waals surface area (Å²) in [5.74, 6) is -0.330. The molecule has 0 aliphatic rings. The summed E-state index contributed by atoms with van der Waals surface area (Å²) in [5.41, 5.74) is 2.62. The molecule has 0 amide bonds. The van der Waals surface area contributed by atoms with E-state index in [0.717, 1.165) is 22.0 Å². The number of carbonyl (C=O) groups excluding carboxylic acids is 2. The number of esters is 1. The Morgan fingerprint density at radius 1 is 1.17 bits per heavy atom. The van der Waals surface area contributed by atoms with Crippen LogP contribution in [0.15, 0.2) is 53.0 Å². The fraction of sp³-hybridized carbons (Fsp3) is 0.263. The summed E-state index contributed by atoms with van der Waals surface area (Å²) in [5, 5.41) is 0.131. The lowest BCUT2D eigenvalue weighted by Gasteiger charge is -2.17. The summed E-state index contributed by atoms with van der Waals surface area (Å²) >= 11 is 4.80. The SMILES string of the molecule is COC(=O)c1ccccc1CCC(SC(C)=O)c1cccc(Br)c1. The minimum Gasteiger partial charge on any atom is -0.465 e. The van der Waals surface area contributed by atoms with Crippen LogP contribution in [0.25, 0.3) is 0 Å². The topological polar surface area (TPSA) is 43.4 Å². The fourth-order valence-electron chi connectivity index (χ4n) is 2.53. The third kappa shape index (κ3) is 5.21. The molecular weight excluding hydrogens is 388 g/mol. The van der Waals surface area contributed by atoms with E-state index in [1.165, 1.54) is 18.9 Å². The van der Waals surface area contributed by atoms with Gasteiger partial charge in [0, 0.05) is 16.6 Å². The van der Waals surface area contributed by atoms with Crippen LogP contribution in [-0.4, -0.2) is 18.2 Å². The van der Waals surface area contributed by atoms with Gasteiger partial charge in [0.05, 0.1) is 12.7 Å². The van der Waals surface area contributed by atoms with E-state index >= 15 is 0 Å². The van der Waals surface area contributed by atoms with E-state index < -0.39 is 0 Å². The molecule has 1 atom stereocenters. The highest BCUT2D eigenvalue weighted by atomic mass is 79.9. The summed E-state index contributed by atoms with van der Waals surface area (Å²) in [6.07, 6.45) is 1.46. The molecule has 0 saturated heterocycles. The van der Waals surface area contributed by atoms with Crippen molar-refractivity contribution in [2.45, 2.75) is 25.0 Å². The molecule has 1 unspecified atom stereocenters. The van der Waals surface area contributed by atoms with Crippen molar-refractivity contribution in [2.75, 3.05) is 7.11 Å². The predicted molar refractivity (Wildman–Crippen MR) is 101 cm³/mol. The van der Waals surface area contributed by atoms with Crippen LogP contribution in [0, 0.1) is 0 Å². The predicted octanol–water partition coefficient (Wildman–Crippen LogP) is 5.19. The first kappa shape index (κ1) is 18.7. The molecule has 0 radical (unpaired) electrons. The van der Waals surface area contributed by atoms with E-state index in [-0.39, 0.29) is 16.3 Å². The van der Waals surface area contributed by atoms with Gasteiger partial charge in [0.1, 0.15) is 0 Å². The summed E-state index contributed by atoms with van der Waals surface area (Å²) in [6, 6.07) is 15.4. The van der Waals surface area contributed by atoms with Crippen molar-refractivity contribution in [3.8, 4) is 0 Å². The van der Waals surface area contributed by atoms with Gasteiger partial charge in [-0.25, -0.2) is 4.79 Å². The minimum atomic E-state index is -0.330. The quantitative estimate of drug-likeness (QED) is 0.619. The Bertz CT molecular complexity index is 730. The Kier molecular flexibility index (Phi) is 7.06. The van der Waals surface area contributed by atoms with Crippen LogP contribution in [0.4, 0.5) is 0 Å². The summed E-state index contributed by atoms with van der Waals surface area (Å²) in [4.78, 5) is 23.5. The highest BCUT2D eigenvalue weighted by Gasteiger charge is 2.17. The van der Waals surface area contributed by atoms with Gasteiger partial charge in [0.2, 0.25) is 0 Å². The fourth-order valence-corrected chi connectivity index (χ4v) is 3.87. The van der Waals surface area contributed by atoms with Gasteiger partial charge in [-0.1, -0.05) is 58.0 Å². The average molecular weight is 407 g/mol. The number of hydrogen-bond acceptors (Lipinski definition) is 4.